The van der Waals surface area contributed by atoms with Crippen LogP contribution in [0, 0.1) is 0 Å². The number of anilines is 2. The van der Waals surface area contributed by atoms with Crippen LogP contribution < -0.4 is 20.9 Å². The van der Waals surface area contributed by atoms with Gasteiger partial charge in [-0.15, -0.1) is 0 Å². The third kappa shape index (κ3) is 4.22. The predicted octanol–water partition coefficient (Wildman–Crippen LogP) is 3.12. The van der Waals surface area contributed by atoms with E-state index in [0.29, 0.717) is 36.1 Å². The number of fused-ring (bicyclic) bond motifs is 2. The maximum absolute atomic E-state index is 13.3. The van der Waals surface area contributed by atoms with Crippen LogP contribution in [0.1, 0.15) is 37.4 Å². The van der Waals surface area contributed by atoms with Crippen molar-refractivity contribution in [3.63, 3.8) is 0 Å². The van der Waals surface area contributed by atoms with Crippen molar-refractivity contribution in [2.75, 3.05) is 25.1 Å². The molecule has 1 atom stereocenters. The Bertz CT molecular complexity index is 1470. The predicted molar refractivity (Wildman–Crippen MR) is 136 cm³/mol. The molecule has 1 fully saturated rings. The standard InChI is InChI=1S/C26H29N7O3/c1-16(2)32-25(34)22-14-29-26(30-19-4-3-17-5-8-27-13-18(17)11-19)31-24(22)33(32)20-6-9-28-23(12-20)36-21-7-10-35-15-21/h3-4,6,9,11-12,14,16,21,27H,5,7-8,10,13,15H2,1-2H3,(H,29,30,31). The van der Waals surface area contributed by atoms with Gasteiger partial charge in [0.1, 0.15) is 11.5 Å². The summed E-state index contributed by atoms with van der Waals surface area (Å²) in [6.07, 6.45) is 5.11. The fraction of sp³-hybridized carbons (Fsp3) is 0.385. The second-order valence-corrected chi connectivity index (χ2v) is 9.48. The Labute approximate surface area is 208 Å². The minimum atomic E-state index is -0.144. The molecule has 2 aliphatic heterocycles. The monoisotopic (exact) mass is 487 g/mol. The lowest BCUT2D eigenvalue weighted by atomic mass is 10.0. The maximum Gasteiger partial charge on any atom is 0.278 e. The highest BCUT2D eigenvalue weighted by atomic mass is 16.5. The molecule has 10 nitrogen and oxygen atoms in total. The van der Waals surface area contributed by atoms with Crippen LogP contribution in [0.4, 0.5) is 11.6 Å². The number of ether oxygens (including phenoxy) is 2. The number of pyridine rings is 1. The molecule has 0 aliphatic carbocycles. The first kappa shape index (κ1) is 22.7. The van der Waals surface area contributed by atoms with Gasteiger partial charge in [0, 0.05) is 43.2 Å². The normalized spacial score (nSPS) is 17.5. The van der Waals surface area contributed by atoms with E-state index >= 15 is 0 Å². The lowest BCUT2D eigenvalue weighted by Crippen LogP contribution is -2.24. The van der Waals surface area contributed by atoms with Crippen molar-refractivity contribution in [3.8, 4) is 11.6 Å². The number of nitrogens with zero attached hydrogens (tertiary/aromatic N) is 5. The van der Waals surface area contributed by atoms with Crippen molar-refractivity contribution in [1.82, 2.24) is 29.6 Å². The molecule has 0 bridgehead atoms. The fourth-order valence-electron chi connectivity index (χ4n) is 4.83. The van der Waals surface area contributed by atoms with Gasteiger partial charge in [0.2, 0.25) is 11.8 Å². The Morgan fingerprint density at radius 2 is 2.11 bits per heavy atom. The molecule has 5 heterocycles. The molecule has 1 unspecified atom stereocenters. The molecule has 3 aromatic heterocycles. The van der Waals surface area contributed by atoms with Crippen LogP contribution >= 0.6 is 0 Å². The van der Waals surface area contributed by atoms with Gasteiger partial charge in [-0.05, 0) is 56.1 Å². The SMILES string of the molecule is CC(C)n1c(=O)c2cnc(Nc3ccc4c(c3)CNCC4)nc2n1-c1ccnc(OC2CCOC2)c1. The van der Waals surface area contributed by atoms with Crippen molar-refractivity contribution in [2.45, 2.75) is 45.4 Å². The first-order valence-corrected chi connectivity index (χ1v) is 12.4. The zero-order chi connectivity index (χ0) is 24.6. The lowest BCUT2D eigenvalue weighted by molar-refractivity contribution is 0.138. The van der Waals surface area contributed by atoms with Crippen LogP contribution in [-0.2, 0) is 17.7 Å². The van der Waals surface area contributed by atoms with Gasteiger partial charge in [0.25, 0.3) is 5.56 Å². The summed E-state index contributed by atoms with van der Waals surface area (Å²) in [6.45, 7) is 7.03. The molecule has 36 heavy (non-hydrogen) atoms. The summed E-state index contributed by atoms with van der Waals surface area (Å²) in [7, 11) is 0. The molecule has 2 N–H and O–H groups in total. The molecule has 0 spiro atoms. The topological polar surface area (TPSA) is 108 Å². The number of hydrogen-bond donors (Lipinski definition) is 2. The van der Waals surface area contributed by atoms with E-state index in [1.165, 1.54) is 11.1 Å². The second kappa shape index (κ2) is 9.36. The fourth-order valence-corrected chi connectivity index (χ4v) is 4.83. The highest BCUT2D eigenvalue weighted by Crippen LogP contribution is 2.25. The maximum atomic E-state index is 13.3. The smallest absolute Gasteiger partial charge is 0.278 e. The number of benzene rings is 1. The minimum Gasteiger partial charge on any atom is -0.472 e. The molecule has 186 valence electrons. The summed E-state index contributed by atoms with van der Waals surface area (Å²) in [5, 5.41) is 7.17. The average Bonchev–Trinajstić information content (AvgIpc) is 3.50. The quantitative estimate of drug-likeness (QED) is 0.427. The van der Waals surface area contributed by atoms with Gasteiger partial charge in [0.05, 0.1) is 18.9 Å². The summed E-state index contributed by atoms with van der Waals surface area (Å²) in [6, 6.07) is 9.90. The molecule has 2 aliphatic rings. The van der Waals surface area contributed by atoms with Crippen LogP contribution in [0.25, 0.3) is 16.7 Å². The Kier molecular flexibility index (Phi) is 5.90. The van der Waals surface area contributed by atoms with Gasteiger partial charge < -0.3 is 20.1 Å². The van der Waals surface area contributed by atoms with E-state index < -0.39 is 0 Å². The van der Waals surface area contributed by atoms with Crippen LogP contribution in [0.15, 0.2) is 47.5 Å². The largest absolute Gasteiger partial charge is 0.472 e. The summed E-state index contributed by atoms with van der Waals surface area (Å²) in [5.41, 5.74) is 4.66. The van der Waals surface area contributed by atoms with E-state index in [1.54, 1.807) is 17.1 Å². The van der Waals surface area contributed by atoms with E-state index in [2.05, 4.69) is 32.7 Å². The third-order valence-electron chi connectivity index (χ3n) is 6.60. The number of aromatic nitrogens is 5. The van der Waals surface area contributed by atoms with Gasteiger partial charge in [-0.3, -0.25) is 4.79 Å². The number of hydrogen-bond acceptors (Lipinski definition) is 8. The molecule has 10 heteroatoms. The van der Waals surface area contributed by atoms with E-state index in [0.717, 1.165) is 37.3 Å². The molecule has 0 amide bonds. The molecular weight excluding hydrogens is 458 g/mol. The number of rotatable bonds is 6. The molecule has 0 radical (unpaired) electrons. The Hall–Kier alpha value is -3.76. The van der Waals surface area contributed by atoms with Crippen LogP contribution in [0.3, 0.4) is 0 Å². The first-order chi connectivity index (χ1) is 17.6. The minimum absolute atomic E-state index is 0.0219. The zero-order valence-corrected chi connectivity index (χ0v) is 20.4. The lowest BCUT2D eigenvalue weighted by Gasteiger charge is -2.18. The van der Waals surface area contributed by atoms with E-state index in [1.807, 2.05) is 36.7 Å². The number of nitrogens with one attached hydrogen (secondary N) is 2. The molecule has 1 aromatic carbocycles. The third-order valence-corrected chi connectivity index (χ3v) is 6.60. The average molecular weight is 488 g/mol. The van der Waals surface area contributed by atoms with Gasteiger partial charge in [0.15, 0.2) is 5.65 Å². The molecule has 1 saturated heterocycles. The van der Waals surface area contributed by atoms with Crippen molar-refractivity contribution >= 4 is 22.7 Å². The van der Waals surface area contributed by atoms with Crippen molar-refractivity contribution in [2.24, 2.45) is 0 Å². The van der Waals surface area contributed by atoms with E-state index in [9.17, 15) is 4.79 Å². The molecule has 4 aromatic rings. The highest BCUT2D eigenvalue weighted by Gasteiger charge is 2.22. The van der Waals surface area contributed by atoms with Gasteiger partial charge in [-0.25, -0.2) is 19.3 Å². The van der Waals surface area contributed by atoms with Gasteiger partial charge >= 0.3 is 0 Å². The first-order valence-electron chi connectivity index (χ1n) is 12.4. The summed E-state index contributed by atoms with van der Waals surface area (Å²) in [4.78, 5) is 26.9. The van der Waals surface area contributed by atoms with Crippen molar-refractivity contribution in [3.05, 3.63) is 64.2 Å². The molecular formula is C26H29N7O3. The summed E-state index contributed by atoms with van der Waals surface area (Å²) < 4.78 is 14.9. The van der Waals surface area contributed by atoms with Gasteiger partial charge in [-0.1, -0.05) is 6.07 Å². The van der Waals surface area contributed by atoms with E-state index in [4.69, 9.17) is 14.5 Å². The van der Waals surface area contributed by atoms with Crippen molar-refractivity contribution < 1.29 is 9.47 Å². The Balaban J connectivity index is 1.40. The highest BCUT2D eigenvalue weighted by molar-refractivity contribution is 5.77. The van der Waals surface area contributed by atoms with Crippen LogP contribution in [0.5, 0.6) is 5.88 Å². The Morgan fingerprint density at radius 3 is 2.94 bits per heavy atom. The molecule has 6 rings (SSSR count). The van der Waals surface area contributed by atoms with Gasteiger partial charge in [-0.2, -0.15) is 4.98 Å². The Morgan fingerprint density at radius 1 is 1.19 bits per heavy atom. The molecule has 0 saturated carbocycles. The van der Waals surface area contributed by atoms with E-state index in [-0.39, 0.29) is 17.7 Å². The second-order valence-electron chi connectivity index (χ2n) is 9.48. The summed E-state index contributed by atoms with van der Waals surface area (Å²) >= 11 is 0. The summed E-state index contributed by atoms with van der Waals surface area (Å²) in [5.74, 6) is 0.914. The van der Waals surface area contributed by atoms with Crippen LogP contribution in [0.2, 0.25) is 0 Å². The van der Waals surface area contributed by atoms with Crippen molar-refractivity contribution in [1.29, 1.82) is 0 Å². The van der Waals surface area contributed by atoms with Crippen LogP contribution in [-0.4, -0.2) is 50.2 Å². The zero-order valence-electron chi connectivity index (χ0n) is 20.4.